The van der Waals surface area contributed by atoms with Crippen LogP contribution in [0.4, 0.5) is 0 Å². The first-order valence-corrected chi connectivity index (χ1v) is 6.64. The molecule has 96 valence electrons. The van der Waals surface area contributed by atoms with E-state index in [0.717, 1.165) is 0 Å². The number of hydrogen-bond donors (Lipinski definition) is 0. The summed E-state index contributed by atoms with van der Waals surface area (Å²) in [5, 5.41) is 0. The lowest BCUT2D eigenvalue weighted by molar-refractivity contribution is 0.375. The monoisotopic (exact) mass is 224 g/mol. The summed E-state index contributed by atoms with van der Waals surface area (Å²) in [5.74, 6) is 1.27. The molecular weight excluding hydrogens is 192 g/mol. The third kappa shape index (κ3) is 3.96. The van der Waals surface area contributed by atoms with Gasteiger partial charge in [0.2, 0.25) is 0 Å². The van der Waals surface area contributed by atoms with Crippen molar-refractivity contribution in [2.45, 2.75) is 69.2 Å². The standard InChI is InChI=1S/C16H32/c1-11(2)13(15(5,6)7)14(12(3)4)16(8,9)10/h11-12H,1-10H3/b14-13-. The summed E-state index contributed by atoms with van der Waals surface area (Å²) in [5.41, 5.74) is 3.85. The fourth-order valence-electron chi connectivity index (χ4n) is 3.16. The summed E-state index contributed by atoms with van der Waals surface area (Å²) in [7, 11) is 0. The Kier molecular flexibility index (Phi) is 4.86. The summed E-state index contributed by atoms with van der Waals surface area (Å²) in [6.07, 6.45) is 0. The van der Waals surface area contributed by atoms with Gasteiger partial charge in [-0.15, -0.1) is 0 Å². The second-order valence-electron chi connectivity index (χ2n) is 7.64. The molecule has 0 aliphatic carbocycles. The first-order chi connectivity index (χ1) is 6.89. The minimum absolute atomic E-state index is 0.279. The van der Waals surface area contributed by atoms with Gasteiger partial charge < -0.3 is 0 Å². The highest BCUT2D eigenvalue weighted by atomic mass is 14.4. The van der Waals surface area contributed by atoms with Crippen molar-refractivity contribution in [1.29, 1.82) is 0 Å². The van der Waals surface area contributed by atoms with Gasteiger partial charge in [-0.05, 0) is 22.7 Å². The largest absolute Gasteiger partial charge is 0.0623 e. The van der Waals surface area contributed by atoms with E-state index in [-0.39, 0.29) is 10.8 Å². The molecule has 0 fully saturated rings. The lowest BCUT2D eigenvalue weighted by Crippen LogP contribution is -2.25. The third-order valence-electron chi connectivity index (χ3n) is 3.06. The van der Waals surface area contributed by atoms with E-state index in [2.05, 4.69) is 69.2 Å². The van der Waals surface area contributed by atoms with Crippen LogP contribution in [0.1, 0.15) is 69.2 Å². The molecule has 0 aromatic carbocycles. The molecule has 0 nitrogen and oxygen atoms in total. The average Bonchev–Trinajstić information content (AvgIpc) is 1.92. The van der Waals surface area contributed by atoms with Crippen molar-refractivity contribution in [3.8, 4) is 0 Å². The Morgan fingerprint density at radius 2 is 0.750 bits per heavy atom. The van der Waals surface area contributed by atoms with Gasteiger partial charge in [-0.1, -0.05) is 80.4 Å². The first-order valence-electron chi connectivity index (χ1n) is 6.64. The zero-order valence-corrected chi connectivity index (χ0v) is 13.2. The van der Waals surface area contributed by atoms with Crippen molar-refractivity contribution in [1.82, 2.24) is 0 Å². The van der Waals surface area contributed by atoms with E-state index >= 15 is 0 Å². The Labute approximate surface area is 104 Å². The van der Waals surface area contributed by atoms with Gasteiger partial charge >= 0.3 is 0 Å². The van der Waals surface area contributed by atoms with Crippen molar-refractivity contribution in [3.05, 3.63) is 11.1 Å². The van der Waals surface area contributed by atoms with Crippen LogP contribution in [0.25, 0.3) is 0 Å². The van der Waals surface area contributed by atoms with Crippen molar-refractivity contribution < 1.29 is 0 Å². The predicted molar refractivity (Wildman–Crippen MR) is 75.6 cm³/mol. The number of hydrogen-bond acceptors (Lipinski definition) is 0. The van der Waals surface area contributed by atoms with E-state index in [1.54, 1.807) is 11.1 Å². The maximum Gasteiger partial charge on any atom is -0.0167 e. The third-order valence-corrected chi connectivity index (χ3v) is 3.06. The SMILES string of the molecule is CC(C)/C(=C(\C(C)C)C(C)(C)C)C(C)(C)C. The molecule has 16 heavy (non-hydrogen) atoms. The normalized spacial score (nSPS) is 15.8. The van der Waals surface area contributed by atoms with Crippen LogP contribution in [0.3, 0.4) is 0 Å². The number of allylic oxidation sites excluding steroid dienone is 2. The molecule has 0 aromatic rings. The minimum atomic E-state index is 0.279. The molecule has 0 heteroatoms. The zero-order chi connectivity index (χ0) is 13.3. The molecule has 0 aliphatic rings. The lowest BCUT2D eigenvalue weighted by atomic mass is 9.68. The second kappa shape index (κ2) is 4.94. The minimum Gasteiger partial charge on any atom is -0.0623 e. The second-order valence-corrected chi connectivity index (χ2v) is 7.64. The van der Waals surface area contributed by atoms with E-state index < -0.39 is 0 Å². The van der Waals surface area contributed by atoms with E-state index in [9.17, 15) is 0 Å². The van der Waals surface area contributed by atoms with Gasteiger partial charge in [0, 0.05) is 0 Å². The molecule has 0 atom stereocenters. The molecule has 0 saturated heterocycles. The highest BCUT2D eigenvalue weighted by Crippen LogP contribution is 2.43. The lowest BCUT2D eigenvalue weighted by Gasteiger charge is -2.38. The molecule has 0 rings (SSSR count). The van der Waals surface area contributed by atoms with Gasteiger partial charge in [-0.2, -0.15) is 0 Å². The Morgan fingerprint density at radius 3 is 0.812 bits per heavy atom. The van der Waals surface area contributed by atoms with Crippen molar-refractivity contribution in [2.24, 2.45) is 22.7 Å². The quantitative estimate of drug-likeness (QED) is 0.529. The van der Waals surface area contributed by atoms with Crippen LogP contribution < -0.4 is 0 Å². The fraction of sp³-hybridized carbons (Fsp3) is 0.875. The molecular formula is C16H32. The van der Waals surface area contributed by atoms with Gasteiger partial charge in [0.25, 0.3) is 0 Å². The summed E-state index contributed by atoms with van der Waals surface area (Å²) >= 11 is 0. The van der Waals surface area contributed by atoms with Crippen LogP contribution >= 0.6 is 0 Å². The van der Waals surface area contributed by atoms with Crippen LogP contribution in [0, 0.1) is 22.7 Å². The average molecular weight is 224 g/mol. The fourth-order valence-corrected chi connectivity index (χ4v) is 3.16. The van der Waals surface area contributed by atoms with Gasteiger partial charge in [0.05, 0.1) is 0 Å². The Hall–Kier alpha value is -0.260. The smallest absolute Gasteiger partial charge is 0.0167 e. The molecule has 0 spiro atoms. The Balaban J connectivity index is 5.87. The van der Waals surface area contributed by atoms with Crippen molar-refractivity contribution in [2.75, 3.05) is 0 Å². The zero-order valence-electron chi connectivity index (χ0n) is 13.2. The molecule has 0 aromatic heterocycles. The Morgan fingerprint density at radius 1 is 0.562 bits per heavy atom. The van der Waals surface area contributed by atoms with Gasteiger partial charge in [0.1, 0.15) is 0 Å². The molecule has 0 amide bonds. The van der Waals surface area contributed by atoms with E-state index in [1.165, 1.54) is 0 Å². The number of rotatable bonds is 2. The maximum absolute atomic E-state index is 2.34. The molecule has 0 heterocycles. The molecule has 0 saturated carbocycles. The highest BCUT2D eigenvalue weighted by molar-refractivity contribution is 5.27. The maximum atomic E-state index is 2.34. The molecule has 0 bridgehead atoms. The summed E-state index contributed by atoms with van der Waals surface area (Å²) in [6, 6.07) is 0. The van der Waals surface area contributed by atoms with Gasteiger partial charge in [0.15, 0.2) is 0 Å². The molecule has 0 radical (unpaired) electrons. The van der Waals surface area contributed by atoms with Crippen LogP contribution in [0.2, 0.25) is 0 Å². The summed E-state index contributed by atoms with van der Waals surface area (Å²) in [4.78, 5) is 0. The first kappa shape index (κ1) is 15.7. The molecule has 0 N–H and O–H groups in total. The van der Waals surface area contributed by atoms with Crippen LogP contribution in [-0.4, -0.2) is 0 Å². The summed E-state index contributed by atoms with van der Waals surface area (Å²) < 4.78 is 0. The van der Waals surface area contributed by atoms with Crippen LogP contribution in [-0.2, 0) is 0 Å². The van der Waals surface area contributed by atoms with Crippen LogP contribution in [0.5, 0.6) is 0 Å². The predicted octanol–water partition coefficient (Wildman–Crippen LogP) is 5.69. The Bertz CT molecular complexity index is 223. The van der Waals surface area contributed by atoms with E-state index in [1.807, 2.05) is 0 Å². The van der Waals surface area contributed by atoms with Crippen LogP contribution in [0.15, 0.2) is 11.1 Å². The van der Waals surface area contributed by atoms with Crippen molar-refractivity contribution >= 4 is 0 Å². The summed E-state index contributed by atoms with van der Waals surface area (Å²) in [6.45, 7) is 23.4. The van der Waals surface area contributed by atoms with Gasteiger partial charge in [-0.25, -0.2) is 0 Å². The van der Waals surface area contributed by atoms with Crippen molar-refractivity contribution in [3.63, 3.8) is 0 Å². The van der Waals surface area contributed by atoms with E-state index in [0.29, 0.717) is 11.8 Å². The van der Waals surface area contributed by atoms with E-state index in [4.69, 9.17) is 0 Å². The topological polar surface area (TPSA) is 0 Å². The van der Waals surface area contributed by atoms with Gasteiger partial charge in [-0.3, -0.25) is 0 Å². The molecule has 0 unspecified atom stereocenters. The molecule has 0 aliphatic heterocycles. The highest BCUT2D eigenvalue weighted by Gasteiger charge is 2.30.